The molecule has 4 amide bonds. The lowest BCUT2D eigenvalue weighted by molar-refractivity contribution is -0.125. The van der Waals surface area contributed by atoms with Crippen molar-refractivity contribution in [3.63, 3.8) is 0 Å². The molecule has 1 unspecified atom stereocenters. The third kappa shape index (κ3) is 4.00. The van der Waals surface area contributed by atoms with Gasteiger partial charge in [-0.15, -0.1) is 0 Å². The van der Waals surface area contributed by atoms with Crippen molar-refractivity contribution in [1.29, 1.82) is 0 Å². The topological polar surface area (TPSA) is 78.5 Å². The van der Waals surface area contributed by atoms with Crippen LogP contribution in [0.5, 0.6) is 0 Å². The van der Waals surface area contributed by atoms with E-state index in [0.29, 0.717) is 11.1 Å². The summed E-state index contributed by atoms with van der Waals surface area (Å²) in [6.07, 6.45) is 0. The molecule has 0 bridgehead atoms. The van der Waals surface area contributed by atoms with E-state index in [0.717, 1.165) is 21.6 Å². The molecule has 2 aromatic carbocycles. The third-order valence-electron chi connectivity index (χ3n) is 4.78. The molecular formula is C21H23N3O3. The number of urea groups is 1. The number of rotatable bonds is 5. The van der Waals surface area contributed by atoms with Crippen molar-refractivity contribution in [1.82, 2.24) is 15.5 Å². The first kappa shape index (κ1) is 18.6. The number of amides is 4. The number of nitrogens with one attached hydrogen (secondary N) is 2. The summed E-state index contributed by atoms with van der Waals surface area (Å²) in [6, 6.07) is 12.6. The molecule has 0 radical (unpaired) electrons. The Morgan fingerprint density at radius 3 is 2.63 bits per heavy atom. The van der Waals surface area contributed by atoms with Crippen molar-refractivity contribution >= 4 is 17.8 Å². The van der Waals surface area contributed by atoms with Gasteiger partial charge >= 0.3 is 6.03 Å². The average Bonchev–Trinajstić information content (AvgIpc) is 2.96. The van der Waals surface area contributed by atoms with Gasteiger partial charge in [-0.25, -0.2) is 4.79 Å². The zero-order valence-corrected chi connectivity index (χ0v) is 15.7. The minimum absolute atomic E-state index is 0.00311. The van der Waals surface area contributed by atoms with E-state index in [-0.39, 0.29) is 30.9 Å². The summed E-state index contributed by atoms with van der Waals surface area (Å²) in [5.41, 5.74) is 4.40. The van der Waals surface area contributed by atoms with Crippen LogP contribution in [0.1, 0.15) is 45.6 Å². The summed E-state index contributed by atoms with van der Waals surface area (Å²) in [5.74, 6) is -0.523. The van der Waals surface area contributed by atoms with Crippen LogP contribution in [0, 0.1) is 13.8 Å². The van der Waals surface area contributed by atoms with Gasteiger partial charge in [-0.3, -0.25) is 14.5 Å². The first-order valence-corrected chi connectivity index (χ1v) is 8.91. The maximum Gasteiger partial charge on any atom is 0.324 e. The Hall–Kier alpha value is -3.15. The van der Waals surface area contributed by atoms with Gasteiger partial charge in [0, 0.05) is 5.56 Å². The van der Waals surface area contributed by atoms with Crippen LogP contribution in [0.4, 0.5) is 4.79 Å². The summed E-state index contributed by atoms with van der Waals surface area (Å²) in [5, 5.41) is 5.52. The molecule has 140 valence electrons. The van der Waals surface area contributed by atoms with Gasteiger partial charge in [0.2, 0.25) is 5.91 Å². The van der Waals surface area contributed by atoms with E-state index in [1.54, 1.807) is 24.3 Å². The lowest BCUT2D eigenvalue weighted by Crippen LogP contribution is -2.32. The van der Waals surface area contributed by atoms with Crippen molar-refractivity contribution in [2.24, 2.45) is 0 Å². The summed E-state index contributed by atoms with van der Waals surface area (Å²) >= 11 is 0. The largest absolute Gasteiger partial charge is 0.345 e. The minimum Gasteiger partial charge on any atom is -0.345 e. The standard InChI is InChI=1S/C21H23N3O3/c1-13-8-9-14(2)18(10-13)15(3)23-20(26)17-7-5-4-6-16(17)12-24-19(25)11-22-21(24)27/h4-10,15H,11-12H2,1-3H3,(H,22,27)(H,23,26). The first-order chi connectivity index (χ1) is 12.9. The second kappa shape index (κ2) is 7.61. The number of imide groups is 1. The lowest BCUT2D eigenvalue weighted by atomic mass is 9.99. The van der Waals surface area contributed by atoms with Crippen LogP contribution in [-0.2, 0) is 11.3 Å². The second-order valence-electron chi connectivity index (χ2n) is 6.85. The van der Waals surface area contributed by atoms with Crippen molar-refractivity contribution in [3.05, 3.63) is 70.3 Å². The molecule has 1 saturated heterocycles. The molecule has 27 heavy (non-hydrogen) atoms. The molecule has 1 aliphatic rings. The number of carbonyl (C=O) groups is 3. The number of nitrogens with zero attached hydrogens (tertiary/aromatic N) is 1. The minimum atomic E-state index is -0.432. The molecule has 6 nitrogen and oxygen atoms in total. The fourth-order valence-corrected chi connectivity index (χ4v) is 3.24. The molecular weight excluding hydrogens is 342 g/mol. The number of aryl methyl sites for hydroxylation is 2. The van der Waals surface area contributed by atoms with Gasteiger partial charge in [-0.05, 0) is 43.5 Å². The molecule has 6 heteroatoms. The van der Waals surface area contributed by atoms with E-state index in [4.69, 9.17) is 0 Å². The quantitative estimate of drug-likeness (QED) is 0.800. The summed E-state index contributed by atoms with van der Waals surface area (Å²) in [6.45, 7) is 6.05. The van der Waals surface area contributed by atoms with Gasteiger partial charge in [0.15, 0.2) is 0 Å². The van der Waals surface area contributed by atoms with E-state index in [2.05, 4.69) is 16.7 Å². The number of hydrogen-bond donors (Lipinski definition) is 2. The predicted molar refractivity (Wildman–Crippen MR) is 102 cm³/mol. The maximum atomic E-state index is 12.9. The SMILES string of the molecule is Cc1ccc(C)c(C(C)NC(=O)c2ccccc2CN2C(=O)CNC2=O)c1. The fourth-order valence-electron chi connectivity index (χ4n) is 3.24. The average molecular weight is 365 g/mol. The molecule has 1 heterocycles. The van der Waals surface area contributed by atoms with Crippen molar-refractivity contribution in [3.8, 4) is 0 Å². The molecule has 1 fully saturated rings. The van der Waals surface area contributed by atoms with Crippen molar-refractivity contribution in [2.75, 3.05) is 6.54 Å². The van der Waals surface area contributed by atoms with Gasteiger partial charge in [0.05, 0.1) is 19.1 Å². The highest BCUT2D eigenvalue weighted by Crippen LogP contribution is 2.20. The zero-order chi connectivity index (χ0) is 19.6. The Labute approximate surface area is 158 Å². The van der Waals surface area contributed by atoms with E-state index in [1.807, 2.05) is 32.9 Å². The first-order valence-electron chi connectivity index (χ1n) is 8.91. The number of carbonyl (C=O) groups excluding carboxylic acids is 3. The van der Waals surface area contributed by atoms with Crippen LogP contribution in [0.25, 0.3) is 0 Å². The second-order valence-corrected chi connectivity index (χ2v) is 6.85. The van der Waals surface area contributed by atoms with Crippen molar-refractivity contribution in [2.45, 2.75) is 33.4 Å². The molecule has 0 aliphatic carbocycles. The molecule has 1 atom stereocenters. The summed E-state index contributed by atoms with van der Waals surface area (Å²) in [7, 11) is 0. The van der Waals surface area contributed by atoms with Gasteiger partial charge in [-0.2, -0.15) is 0 Å². The van der Waals surface area contributed by atoms with Gasteiger partial charge in [0.25, 0.3) is 5.91 Å². The molecule has 0 saturated carbocycles. The Balaban J connectivity index is 1.80. The Morgan fingerprint density at radius 2 is 1.93 bits per heavy atom. The summed E-state index contributed by atoms with van der Waals surface area (Å²) < 4.78 is 0. The monoisotopic (exact) mass is 365 g/mol. The predicted octanol–water partition coefficient (Wildman–Crippen LogP) is 2.85. The molecule has 2 aromatic rings. The fraction of sp³-hybridized carbons (Fsp3) is 0.286. The highest BCUT2D eigenvalue weighted by atomic mass is 16.2. The molecule has 1 aliphatic heterocycles. The maximum absolute atomic E-state index is 12.9. The van der Waals surface area contributed by atoms with Gasteiger partial charge in [-0.1, -0.05) is 42.0 Å². The van der Waals surface area contributed by atoms with Gasteiger partial charge < -0.3 is 10.6 Å². The van der Waals surface area contributed by atoms with Crippen LogP contribution in [-0.4, -0.2) is 29.3 Å². The van der Waals surface area contributed by atoms with E-state index in [1.165, 1.54) is 0 Å². The summed E-state index contributed by atoms with van der Waals surface area (Å²) in [4.78, 5) is 37.6. The molecule has 3 rings (SSSR count). The lowest BCUT2D eigenvalue weighted by Gasteiger charge is -2.19. The van der Waals surface area contributed by atoms with E-state index in [9.17, 15) is 14.4 Å². The van der Waals surface area contributed by atoms with Crippen LogP contribution in [0.3, 0.4) is 0 Å². The Kier molecular flexibility index (Phi) is 5.26. The van der Waals surface area contributed by atoms with Crippen LogP contribution in [0.2, 0.25) is 0 Å². The Morgan fingerprint density at radius 1 is 1.19 bits per heavy atom. The normalized spacial score (nSPS) is 14.9. The number of benzene rings is 2. The molecule has 2 N–H and O–H groups in total. The van der Waals surface area contributed by atoms with Crippen molar-refractivity contribution < 1.29 is 14.4 Å². The number of hydrogen-bond acceptors (Lipinski definition) is 3. The highest BCUT2D eigenvalue weighted by Gasteiger charge is 2.29. The van der Waals surface area contributed by atoms with Crippen LogP contribution >= 0.6 is 0 Å². The Bertz CT molecular complexity index is 891. The van der Waals surface area contributed by atoms with Crippen LogP contribution in [0.15, 0.2) is 42.5 Å². The van der Waals surface area contributed by atoms with E-state index >= 15 is 0 Å². The van der Waals surface area contributed by atoms with Gasteiger partial charge in [0.1, 0.15) is 0 Å². The zero-order valence-electron chi connectivity index (χ0n) is 15.7. The molecule has 0 aromatic heterocycles. The highest BCUT2D eigenvalue weighted by molar-refractivity contribution is 6.02. The molecule has 0 spiro atoms. The van der Waals surface area contributed by atoms with Crippen LogP contribution < -0.4 is 10.6 Å². The smallest absolute Gasteiger partial charge is 0.324 e. The third-order valence-corrected chi connectivity index (χ3v) is 4.78. The van der Waals surface area contributed by atoms with E-state index < -0.39 is 6.03 Å².